The van der Waals surface area contributed by atoms with Crippen LogP contribution in [0.4, 0.5) is 13.2 Å². The minimum absolute atomic E-state index is 0. The second-order valence-corrected chi connectivity index (χ2v) is 4.25. The first kappa shape index (κ1) is 19.2. The lowest BCUT2D eigenvalue weighted by Crippen LogP contribution is -2.45. The third-order valence-corrected chi connectivity index (χ3v) is 3.11. The predicted molar refractivity (Wildman–Crippen MR) is 78.2 cm³/mol. The Labute approximate surface area is 128 Å². The van der Waals surface area contributed by atoms with E-state index in [4.69, 9.17) is 0 Å². The number of piperazine rings is 1. The number of hydrogen-bond donors (Lipinski definition) is 1. The SMILES string of the molecule is C=C[C@H](c1c(F)cc(F)cc1F)N1CCNCC1.Cl.Cl. The van der Waals surface area contributed by atoms with E-state index >= 15 is 0 Å². The van der Waals surface area contributed by atoms with E-state index in [-0.39, 0.29) is 30.4 Å². The van der Waals surface area contributed by atoms with Crippen LogP contribution in [0.1, 0.15) is 11.6 Å². The van der Waals surface area contributed by atoms with Crippen LogP contribution in [0.3, 0.4) is 0 Å². The summed E-state index contributed by atoms with van der Waals surface area (Å²) in [6, 6.07) is 0.849. The lowest BCUT2D eigenvalue weighted by molar-refractivity contribution is 0.197. The van der Waals surface area contributed by atoms with Crippen molar-refractivity contribution in [1.82, 2.24) is 10.2 Å². The van der Waals surface area contributed by atoms with Crippen LogP contribution in [-0.4, -0.2) is 31.1 Å². The molecule has 20 heavy (non-hydrogen) atoms. The molecule has 1 aliphatic heterocycles. The molecule has 0 spiro atoms. The molecule has 7 heteroatoms. The Balaban J connectivity index is 0.00000180. The van der Waals surface area contributed by atoms with Crippen LogP contribution in [0.25, 0.3) is 0 Å². The van der Waals surface area contributed by atoms with Crippen molar-refractivity contribution < 1.29 is 13.2 Å². The summed E-state index contributed by atoms with van der Waals surface area (Å²) >= 11 is 0. The van der Waals surface area contributed by atoms with Crippen LogP contribution in [0, 0.1) is 17.5 Å². The maximum atomic E-state index is 13.7. The maximum absolute atomic E-state index is 13.7. The van der Waals surface area contributed by atoms with Gasteiger partial charge >= 0.3 is 0 Å². The average Bonchev–Trinajstić information content (AvgIpc) is 2.34. The standard InChI is InChI=1S/C13H15F3N2.2ClH/c1-2-12(18-5-3-17-4-6-18)13-10(15)7-9(14)8-11(13)16;;/h2,7-8,12,17H,1,3-6H2;2*1H/t12-;;/m1../s1. The topological polar surface area (TPSA) is 15.3 Å². The lowest BCUT2D eigenvalue weighted by Gasteiger charge is -2.33. The van der Waals surface area contributed by atoms with Gasteiger partial charge in [0, 0.05) is 43.9 Å². The van der Waals surface area contributed by atoms with Crippen LogP contribution in [0.15, 0.2) is 24.8 Å². The summed E-state index contributed by atoms with van der Waals surface area (Å²) in [4.78, 5) is 1.92. The summed E-state index contributed by atoms with van der Waals surface area (Å²) in [5.41, 5.74) is -0.131. The third kappa shape index (κ3) is 4.12. The Morgan fingerprint density at radius 1 is 1.10 bits per heavy atom. The summed E-state index contributed by atoms with van der Waals surface area (Å²) in [6.07, 6.45) is 1.49. The van der Waals surface area contributed by atoms with Gasteiger partial charge in [0.1, 0.15) is 17.5 Å². The van der Waals surface area contributed by atoms with Crippen molar-refractivity contribution in [2.24, 2.45) is 0 Å². The summed E-state index contributed by atoms with van der Waals surface area (Å²) in [5, 5.41) is 3.16. The third-order valence-electron chi connectivity index (χ3n) is 3.11. The van der Waals surface area contributed by atoms with Gasteiger partial charge in [-0.2, -0.15) is 0 Å². The number of rotatable bonds is 3. The van der Waals surface area contributed by atoms with E-state index in [1.54, 1.807) is 0 Å². The van der Waals surface area contributed by atoms with Crippen molar-refractivity contribution in [1.29, 1.82) is 0 Å². The average molecular weight is 329 g/mol. The largest absolute Gasteiger partial charge is 0.314 e. The molecule has 0 bridgehead atoms. The fraction of sp³-hybridized carbons (Fsp3) is 0.385. The molecular formula is C13H17Cl2F3N2. The van der Waals surface area contributed by atoms with E-state index in [0.29, 0.717) is 25.2 Å². The van der Waals surface area contributed by atoms with E-state index in [2.05, 4.69) is 11.9 Å². The second kappa shape index (κ2) is 8.52. The van der Waals surface area contributed by atoms with E-state index in [1.165, 1.54) is 6.08 Å². The number of benzene rings is 1. The zero-order valence-electron chi connectivity index (χ0n) is 10.7. The van der Waals surface area contributed by atoms with E-state index in [1.807, 2.05) is 4.90 Å². The highest BCUT2D eigenvalue weighted by Gasteiger charge is 2.25. The van der Waals surface area contributed by atoms with Crippen LogP contribution >= 0.6 is 24.8 Å². The maximum Gasteiger partial charge on any atom is 0.134 e. The van der Waals surface area contributed by atoms with Gasteiger partial charge in [0.05, 0.1) is 6.04 Å². The molecule has 1 aliphatic rings. The zero-order chi connectivity index (χ0) is 13.1. The van der Waals surface area contributed by atoms with E-state index in [0.717, 1.165) is 13.1 Å². The van der Waals surface area contributed by atoms with Crippen LogP contribution in [0.5, 0.6) is 0 Å². The van der Waals surface area contributed by atoms with Crippen molar-refractivity contribution in [3.8, 4) is 0 Å². The van der Waals surface area contributed by atoms with Crippen molar-refractivity contribution in [2.75, 3.05) is 26.2 Å². The molecule has 0 radical (unpaired) electrons. The smallest absolute Gasteiger partial charge is 0.134 e. The molecule has 1 aromatic rings. The molecule has 1 fully saturated rings. The highest BCUT2D eigenvalue weighted by Crippen LogP contribution is 2.28. The molecule has 1 aromatic carbocycles. The van der Waals surface area contributed by atoms with Gasteiger partial charge in [0.25, 0.3) is 0 Å². The highest BCUT2D eigenvalue weighted by atomic mass is 35.5. The number of nitrogens with one attached hydrogen (secondary N) is 1. The Morgan fingerprint density at radius 3 is 2.05 bits per heavy atom. The minimum Gasteiger partial charge on any atom is -0.314 e. The lowest BCUT2D eigenvalue weighted by atomic mass is 10.0. The molecule has 0 saturated carbocycles. The summed E-state index contributed by atoms with van der Waals surface area (Å²) < 4.78 is 40.4. The molecule has 1 heterocycles. The predicted octanol–water partition coefficient (Wildman–Crippen LogP) is 3.08. The molecule has 0 aliphatic carbocycles. The number of nitrogens with zero attached hydrogens (tertiary/aromatic N) is 1. The molecular weight excluding hydrogens is 312 g/mol. The van der Waals surface area contributed by atoms with Crippen molar-refractivity contribution in [3.63, 3.8) is 0 Å². The normalized spacial score (nSPS) is 16.8. The van der Waals surface area contributed by atoms with E-state index < -0.39 is 23.5 Å². The molecule has 0 unspecified atom stereocenters. The number of hydrogen-bond acceptors (Lipinski definition) is 2. The molecule has 0 amide bonds. The fourth-order valence-corrected chi connectivity index (χ4v) is 2.25. The molecule has 114 valence electrons. The Hall–Kier alpha value is -0.750. The molecule has 1 N–H and O–H groups in total. The summed E-state index contributed by atoms with van der Waals surface area (Å²) in [6.45, 7) is 6.49. The number of halogens is 5. The molecule has 0 aromatic heterocycles. The Bertz CT molecular complexity index is 428. The van der Waals surface area contributed by atoms with Crippen LogP contribution < -0.4 is 5.32 Å². The first-order chi connectivity index (χ1) is 8.63. The van der Waals surface area contributed by atoms with Crippen molar-refractivity contribution in [2.45, 2.75) is 6.04 Å². The van der Waals surface area contributed by atoms with Gasteiger partial charge in [-0.15, -0.1) is 31.4 Å². The van der Waals surface area contributed by atoms with Gasteiger partial charge in [-0.25, -0.2) is 13.2 Å². The molecule has 1 saturated heterocycles. The molecule has 2 nitrogen and oxygen atoms in total. The fourth-order valence-electron chi connectivity index (χ4n) is 2.25. The van der Waals surface area contributed by atoms with E-state index in [9.17, 15) is 13.2 Å². The Kier molecular flexibility index (Phi) is 8.20. The first-order valence-electron chi connectivity index (χ1n) is 5.85. The van der Waals surface area contributed by atoms with Crippen LogP contribution in [0.2, 0.25) is 0 Å². The quantitative estimate of drug-likeness (QED) is 0.858. The van der Waals surface area contributed by atoms with Gasteiger partial charge in [-0.05, 0) is 0 Å². The molecule has 2 rings (SSSR count). The Morgan fingerprint density at radius 2 is 1.60 bits per heavy atom. The molecule has 1 atom stereocenters. The van der Waals surface area contributed by atoms with Crippen molar-refractivity contribution in [3.05, 3.63) is 47.8 Å². The first-order valence-corrected chi connectivity index (χ1v) is 5.85. The van der Waals surface area contributed by atoms with Gasteiger partial charge in [-0.1, -0.05) is 6.08 Å². The van der Waals surface area contributed by atoms with Crippen molar-refractivity contribution >= 4 is 24.8 Å². The zero-order valence-corrected chi connectivity index (χ0v) is 12.4. The minimum atomic E-state index is -0.906. The van der Waals surface area contributed by atoms with Gasteiger partial charge in [-0.3, -0.25) is 4.90 Å². The van der Waals surface area contributed by atoms with Crippen LogP contribution in [-0.2, 0) is 0 Å². The highest BCUT2D eigenvalue weighted by molar-refractivity contribution is 5.85. The summed E-state index contributed by atoms with van der Waals surface area (Å²) in [5.74, 6) is -2.64. The summed E-state index contributed by atoms with van der Waals surface area (Å²) in [7, 11) is 0. The van der Waals surface area contributed by atoms with Gasteiger partial charge in [0.2, 0.25) is 0 Å². The monoisotopic (exact) mass is 328 g/mol. The van der Waals surface area contributed by atoms with Gasteiger partial charge < -0.3 is 5.32 Å². The van der Waals surface area contributed by atoms with Gasteiger partial charge in [0.15, 0.2) is 0 Å². The second-order valence-electron chi connectivity index (χ2n) is 4.25.